The predicted molar refractivity (Wildman–Crippen MR) is 91.1 cm³/mol. The van der Waals surface area contributed by atoms with Crippen molar-refractivity contribution < 1.29 is 14.7 Å². The van der Waals surface area contributed by atoms with Crippen LogP contribution in [-0.2, 0) is 0 Å². The number of phenolic OH excluding ortho intramolecular Hbond substituents is 1. The molecule has 2 aromatic carbocycles. The fourth-order valence-corrected chi connectivity index (χ4v) is 2.89. The molecule has 1 aliphatic heterocycles. The van der Waals surface area contributed by atoms with Crippen LogP contribution >= 0.6 is 0 Å². The van der Waals surface area contributed by atoms with Crippen molar-refractivity contribution in [1.29, 1.82) is 0 Å². The number of carbonyl (C=O) groups excluding carboxylic acids is 2. The van der Waals surface area contributed by atoms with Crippen LogP contribution in [0.1, 0.15) is 26.3 Å². The smallest absolute Gasteiger partial charge is 0.254 e. The van der Waals surface area contributed by atoms with Crippen LogP contribution in [0.3, 0.4) is 0 Å². The molecule has 3 rings (SSSR count). The Morgan fingerprint density at radius 3 is 1.83 bits per heavy atom. The standard InChI is InChI=1S/C19H20N2O3/c1-14-4-2-5-15(12-14)18(23)20-8-10-21(11-9-20)19(24)16-6-3-7-17(22)13-16/h2-7,12-13,22H,8-11H2,1H3. The first-order chi connectivity index (χ1) is 11.5. The summed E-state index contributed by atoms with van der Waals surface area (Å²) in [6.07, 6.45) is 0. The van der Waals surface area contributed by atoms with E-state index < -0.39 is 0 Å². The molecule has 1 aliphatic rings. The van der Waals surface area contributed by atoms with E-state index in [4.69, 9.17) is 0 Å². The zero-order valence-electron chi connectivity index (χ0n) is 13.6. The van der Waals surface area contributed by atoms with Gasteiger partial charge in [0.25, 0.3) is 11.8 Å². The van der Waals surface area contributed by atoms with Crippen molar-refractivity contribution in [3.8, 4) is 5.75 Å². The summed E-state index contributed by atoms with van der Waals surface area (Å²) in [6, 6.07) is 13.9. The molecule has 0 spiro atoms. The molecule has 2 aromatic rings. The Kier molecular flexibility index (Phi) is 4.51. The molecule has 1 saturated heterocycles. The van der Waals surface area contributed by atoms with Gasteiger partial charge in [-0.25, -0.2) is 0 Å². The van der Waals surface area contributed by atoms with E-state index in [1.165, 1.54) is 12.1 Å². The molecule has 24 heavy (non-hydrogen) atoms. The average molecular weight is 324 g/mol. The Hall–Kier alpha value is -2.82. The van der Waals surface area contributed by atoms with Gasteiger partial charge in [0.1, 0.15) is 5.75 Å². The maximum atomic E-state index is 12.5. The number of hydrogen-bond donors (Lipinski definition) is 1. The number of amides is 2. The second-order valence-electron chi connectivity index (χ2n) is 6.00. The fourth-order valence-electron chi connectivity index (χ4n) is 2.89. The first kappa shape index (κ1) is 16.1. The summed E-state index contributed by atoms with van der Waals surface area (Å²) in [7, 11) is 0. The van der Waals surface area contributed by atoms with E-state index in [2.05, 4.69) is 0 Å². The Balaban J connectivity index is 1.63. The molecular weight excluding hydrogens is 304 g/mol. The van der Waals surface area contributed by atoms with Gasteiger partial charge in [-0.15, -0.1) is 0 Å². The first-order valence-corrected chi connectivity index (χ1v) is 7.99. The van der Waals surface area contributed by atoms with Crippen molar-refractivity contribution >= 4 is 11.8 Å². The second-order valence-corrected chi connectivity index (χ2v) is 6.00. The molecule has 124 valence electrons. The summed E-state index contributed by atoms with van der Waals surface area (Å²) in [6.45, 7) is 3.97. The SMILES string of the molecule is Cc1cccc(C(=O)N2CCN(C(=O)c3cccc(O)c3)CC2)c1. The lowest BCUT2D eigenvalue weighted by Gasteiger charge is -2.35. The molecular formula is C19H20N2O3. The van der Waals surface area contributed by atoms with Gasteiger partial charge < -0.3 is 14.9 Å². The summed E-state index contributed by atoms with van der Waals surface area (Å²) < 4.78 is 0. The van der Waals surface area contributed by atoms with Crippen molar-refractivity contribution in [1.82, 2.24) is 9.80 Å². The highest BCUT2D eigenvalue weighted by Gasteiger charge is 2.25. The van der Waals surface area contributed by atoms with Gasteiger partial charge in [0, 0.05) is 37.3 Å². The third kappa shape index (κ3) is 3.40. The van der Waals surface area contributed by atoms with Crippen molar-refractivity contribution in [2.75, 3.05) is 26.2 Å². The van der Waals surface area contributed by atoms with E-state index in [9.17, 15) is 14.7 Å². The maximum absolute atomic E-state index is 12.5. The minimum atomic E-state index is -0.117. The molecule has 0 aromatic heterocycles. The lowest BCUT2D eigenvalue weighted by molar-refractivity contribution is 0.0535. The highest BCUT2D eigenvalue weighted by molar-refractivity contribution is 5.96. The van der Waals surface area contributed by atoms with Gasteiger partial charge in [-0.3, -0.25) is 9.59 Å². The zero-order chi connectivity index (χ0) is 17.1. The van der Waals surface area contributed by atoms with Crippen molar-refractivity contribution in [2.45, 2.75) is 6.92 Å². The zero-order valence-corrected chi connectivity index (χ0v) is 13.6. The van der Waals surface area contributed by atoms with Crippen LogP contribution in [0.25, 0.3) is 0 Å². The number of phenols is 1. The summed E-state index contributed by atoms with van der Waals surface area (Å²) >= 11 is 0. The first-order valence-electron chi connectivity index (χ1n) is 7.99. The summed E-state index contributed by atoms with van der Waals surface area (Å²) in [5.41, 5.74) is 2.20. The second kappa shape index (κ2) is 6.74. The average Bonchev–Trinajstić information content (AvgIpc) is 2.60. The number of aryl methyl sites for hydroxylation is 1. The van der Waals surface area contributed by atoms with Gasteiger partial charge >= 0.3 is 0 Å². The molecule has 0 bridgehead atoms. The van der Waals surface area contributed by atoms with Crippen LogP contribution in [-0.4, -0.2) is 52.9 Å². The van der Waals surface area contributed by atoms with Gasteiger partial charge in [-0.1, -0.05) is 23.8 Å². The number of aromatic hydroxyl groups is 1. The molecule has 5 nitrogen and oxygen atoms in total. The van der Waals surface area contributed by atoms with Crippen molar-refractivity contribution in [2.24, 2.45) is 0 Å². The molecule has 0 aliphatic carbocycles. The van der Waals surface area contributed by atoms with E-state index in [1.54, 1.807) is 21.9 Å². The minimum absolute atomic E-state index is 0.00292. The van der Waals surface area contributed by atoms with Crippen LogP contribution in [0.5, 0.6) is 5.75 Å². The topological polar surface area (TPSA) is 60.9 Å². The Bertz CT molecular complexity index is 699. The summed E-state index contributed by atoms with van der Waals surface area (Å²) in [5, 5.41) is 9.50. The van der Waals surface area contributed by atoms with E-state index >= 15 is 0 Å². The quantitative estimate of drug-likeness (QED) is 0.922. The normalized spacial score (nSPS) is 14.5. The molecule has 2 amide bonds. The van der Waals surface area contributed by atoms with Crippen LogP contribution in [0.15, 0.2) is 48.5 Å². The number of benzene rings is 2. The van der Waals surface area contributed by atoms with Gasteiger partial charge in [0.05, 0.1) is 0 Å². The van der Waals surface area contributed by atoms with Crippen LogP contribution in [0.2, 0.25) is 0 Å². The number of carbonyl (C=O) groups is 2. The molecule has 0 saturated carbocycles. The van der Waals surface area contributed by atoms with Gasteiger partial charge in [-0.2, -0.15) is 0 Å². The molecule has 0 radical (unpaired) electrons. The highest BCUT2D eigenvalue weighted by Crippen LogP contribution is 2.15. The Labute approximate surface area is 141 Å². The largest absolute Gasteiger partial charge is 0.508 e. The van der Waals surface area contributed by atoms with Crippen molar-refractivity contribution in [3.63, 3.8) is 0 Å². The molecule has 1 fully saturated rings. The molecule has 5 heteroatoms. The van der Waals surface area contributed by atoms with Crippen LogP contribution in [0.4, 0.5) is 0 Å². The molecule has 0 unspecified atom stereocenters. The third-order valence-corrected chi connectivity index (χ3v) is 4.21. The van der Waals surface area contributed by atoms with Crippen LogP contribution < -0.4 is 0 Å². The monoisotopic (exact) mass is 324 g/mol. The lowest BCUT2D eigenvalue weighted by Crippen LogP contribution is -2.50. The molecule has 1 N–H and O–H groups in total. The van der Waals surface area contributed by atoms with E-state index in [0.717, 1.165) is 5.56 Å². The number of nitrogens with zero attached hydrogens (tertiary/aromatic N) is 2. The van der Waals surface area contributed by atoms with E-state index in [0.29, 0.717) is 37.3 Å². The van der Waals surface area contributed by atoms with E-state index in [-0.39, 0.29) is 17.6 Å². The predicted octanol–water partition coefficient (Wildman–Crippen LogP) is 2.30. The lowest BCUT2D eigenvalue weighted by atomic mass is 10.1. The maximum Gasteiger partial charge on any atom is 0.254 e. The Morgan fingerprint density at radius 1 is 0.833 bits per heavy atom. The number of hydrogen-bond acceptors (Lipinski definition) is 3. The summed E-state index contributed by atoms with van der Waals surface area (Å²) in [5.74, 6) is -0.0363. The summed E-state index contributed by atoms with van der Waals surface area (Å²) in [4.78, 5) is 28.5. The van der Waals surface area contributed by atoms with E-state index in [1.807, 2.05) is 31.2 Å². The van der Waals surface area contributed by atoms with Crippen molar-refractivity contribution in [3.05, 3.63) is 65.2 Å². The van der Waals surface area contributed by atoms with Gasteiger partial charge in [0.15, 0.2) is 0 Å². The highest BCUT2D eigenvalue weighted by atomic mass is 16.3. The van der Waals surface area contributed by atoms with Crippen LogP contribution in [0, 0.1) is 6.92 Å². The van der Waals surface area contributed by atoms with Gasteiger partial charge in [0.2, 0.25) is 0 Å². The number of rotatable bonds is 2. The third-order valence-electron chi connectivity index (χ3n) is 4.21. The fraction of sp³-hybridized carbons (Fsp3) is 0.263. The number of piperazine rings is 1. The molecule has 1 heterocycles. The molecule has 0 atom stereocenters. The minimum Gasteiger partial charge on any atom is -0.508 e. The Morgan fingerprint density at radius 2 is 1.33 bits per heavy atom. The van der Waals surface area contributed by atoms with Gasteiger partial charge in [-0.05, 0) is 37.3 Å².